The van der Waals surface area contributed by atoms with Crippen molar-refractivity contribution in [1.82, 2.24) is 9.62 Å². The van der Waals surface area contributed by atoms with Crippen LogP contribution in [-0.4, -0.2) is 57.6 Å². The Morgan fingerprint density at radius 3 is 2.59 bits per heavy atom. The Balaban J connectivity index is 2.13. The molecule has 27 heavy (non-hydrogen) atoms. The number of rotatable bonds is 10. The van der Waals surface area contributed by atoms with Gasteiger partial charge in [-0.3, -0.25) is 4.79 Å². The molecule has 0 bridgehead atoms. The van der Waals surface area contributed by atoms with Crippen LogP contribution in [0.25, 0.3) is 0 Å². The van der Waals surface area contributed by atoms with Crippen molar-refractivity contribution >= 4 is 15.9 Å². The predicted molar refractivity (Wildman–Crippen MR) is 104 cm³/mol. The first-order valence-electron chi connectivity index (χ1n) is 9.53. The normalized spacial score (nSPS) is 15.3. The van der Waals surface area contributed by atoms with Crippen molar-refractivity contribution in [3.05, 3.63) is 23.8 Å². The molecule has 7 nitrogen and oxygen atoms in total. The number of hydrogen-bond acceptors (Lipinski definition) is 5. The van der Waals surface area contributed by atoms with Crippen LogP contribution in [0, 0.1) is 0 Å². The molecule has 1 amide bonds. The van der Waals surface area contributed by atoms with Crippen molar-refractivity contribution in [2.45, 2.75) is 51.0 Å². The first kappa shape index (κ1) is 21.7. The van der Waals surface area contributed by atoms with Crippen molar-refractivity contribution in [2.24, 2.45) is 0 Å². The average Bonchev–Trinajstić information content (AvgIpc) is 3.17. The van der Waals surface area contributed by atoms with Crippen LogP contribution in [0.4, 0.5) is 0 Å². The highest BCUT2D eigenvalue weighted by Gasteiger charge is 2.30. The van der Waals surface area contributed by atoms with Crippen LogP contribution in [0.1, 0.15) is 50.4 Å². The zero-order valence-corrected chi connectivity index (χ0v) is 17.2. The first-order valence-corrected chi connectivity index (χ1v) is 11.0. The van der Waals surface area contributed by atoms with Crippen LogP contribution in [0.3, 0.4) is 0 Å². The fourth-order valence-electron chi connectivity index (χ4n) is 2.89. The number of nitrogens with one attached hydrogen (secondary N) is 1. The van der Waals surface area contributed by atoms with E-state index in [1.807, 2.05) is 13.8 Å². The van der Waals surface area contributed by atoms with E-state index >= 15 is 0 Å². The molecule has 0 saturated carbocycles. The summed E-state index contributed by atoms with van der Waals surface area (Å²) >= 11 is 0. The van der Waals surface area contributed by atoms with Gasteiger partial charge >= 0.3 is 0 Å². The number of hydrogen-bond donors (Lipinski definition) is 1. The summed E-state index contributed by atoms with van der Waals surface area (Å²) in [4.78, 5) is 12.5. The van der Waals surface area contributed by atoms with Crippen molar-refractivity contribution in [3.8, 4) is 5.75 Å². The summed E-state index contributed by atoms with van der Waals surface area (Å²) in [5, 5.41) is 2.80. The highest BCUT2D eigenvalue weighted by molar-refractivity contribution is 7.89. The van der Waals surface area contributed by atoms with Crippen LogP contribution >= 0.6 is 0 Å². The zero-order chi connectivity index (χ0) is 19.9. The van der Waals surface area contributed by atoms with Gasteiger partial charge in [-0.25, -0.2) is 8.42 Å². The summed E-state index contributed by atoms with van der Waals surface area (Å²) in [6, 6.07) is 4.57. The molecule has 0 aliphatic carbocycles. The molecule has 8 heteroatoms. The fraction of sp³-hybridized carbons (Fsp3) is 0.632. The molecule has 0 radical (unpaired) electrons. The zero-order valence-electron chi connectivity index (χ0n) is 16.4. The Morgan fingerprint density at radius 2 is 1.96 bits per heavy atom. The molecule has 1 heterocycles. The van der Waals surface area contributed by atoms with Crippen LogP contribution in [-0.2, 0) is 14.8 Å². The Hall–Kier alpha value is -1.64. The number of carbonyl (C=O) groups excluding carboxylic acids is 1. The van der Waals surface area contributed by atoms with E-state index in [2.05, 4.69) is 5.32 Å². The molecule has 1 N–H and O–H groups in total. The summed E-state index contributed by atoms with van der Waals surface area (Å²) in [6.07, 6.45) is 2.55. The van der Waals surface area contributed by atoms with Gasteiger partial charge in [0.05, 0.1) is 12.7 Å². The molecule has 0 atom stereocenters. The maximum atomic E-state index is 13.0. The maximum Gasteiger partial charge on any atom is 0.251 e. The Labute approximate surface area is 162 Å². The van der Waals surface area contributed by atoms with Crippen LogP contribution < -0.4 is 10.1 Å². The van der Waals surface area contributed by atoms with E-state index in [1.54, 1.807) is 19.1 Å². The molecule has 1 fully saturated rings. The van der Waals surface area contributed by atoms with Gasteiger partial charge in [0.25, 0.3) is 5.91 Å². The molecule has 0 aromatic heterocycles. The smallest absolute Gasteiger partial charge is 0.251 e. The Bertz CT molecular complexity index is 728. The van der Waals surface area contributed by atoms with E-state index < -0.39 is 10.0 Å². The maximum absolute atomic E-state index is 13.0. The lowest BCUT2D eigenvalue weighted by molar-refractivity contribution is 0.0757. The van der Waals surface area contributed by atoms with E-state index in [0.29, 0.717) is 44.8 Å². The highest BCUT2D eigenvalue weighted by Crippen LogP contribution is 2.30. The molecular weight excluding hydrogens is 368 g/mol. The largest absolute Gasteiger partial charge is 0.492 e. The molecular formula is C19H30N2O5S. The summed E-state index contributed by atoms with van der Waals surface area (Å²) in [6.45, 7) is 8.10. The monoisotopic (exact) mass is 398 g/mol. The summed E-state index contributed by atoms with van der Waals surface area (Å²) in [7, 11) is -3.68. The molecule has 1 saturated heterocycles. The van der Waals surface area contributed by atoms with E-state index in [1.165, 1.54) is 10.4 Å². The molecule has 0 unspecified atom stereocenters. The third kappa shape index (κ3) is 5.92. The SMILES string of the molecule is CCOc1ccc(C(=O)NCCCOC(C)C)cc1S(=O)(=O)N1CCCC1. The van der Waals surface area contributed by atoms with Crippen molar-refractivity contribution in [1.29, 1.82) is 0 Å². The molecule has 1 aromatic rings. The van der Waals surface area contributed by atoms with E-state index in [0.717, 1.165) is 12.8 Å². The van der Waals surface area contributed by atoms with Crippen molar-refractivity contribution in [3.63, 3.8) is 0 Å². The van der Waals surface area contributed by atoms with Gasteiger partial charge in [0.15, 0.2) is 0 Å². The van der Waals surface area contributed by atoms with Gasteiger partial charge in [0, 0.05) is 31.8 Å². The Kier molecular flexibility index (Phi) is 8.07. The van der Waals surface area contributed by atoms with Gasteiger partial charge < -0.3 is 14.8 Å². The predicted octanol–water partition coefficient (Wildman–Crippen LogP) is 2.41. The minimum Gasteiger partial charge on any atom is -0.492 e. The number of benzene rings is 1. The van der Waals surface area contributed by atoms with Gasteiger partial charge in [-0.15, -0.1) is 0 Å². The third-order valence-electron chi connectivity index (χ3n) is 4.25. The molecule has 152 valence electrons. The van der Waals surface area contributed by atoms with Gasteiger partial charge in [-0.05, 0) is 58.2 Å². The van der Waals surface area contributed by atoms with E-state index in [-0.39, 0.29) is 22.7 Å². The molecule has 1 aromatic carbocycles. The van der Waals surface area contributed by atoms with Gasteiger partial charge in [-0.2, -0.15) is 4.31 Å². The lowest BCUT2D eigenvalue weighted by Gasteiger charge is -2.19. The number of nitrogens with zero attached hydrogens (tertiary/aromatic N) is 1. The van der Waals surface area contributed by atoms with Gasteiger partial charge in [-0.1, -0.05) is 0 Å². The average molecular weight is 399 g/mol. The summed E-state index contributed by atoms with van der Waals surface area (Å²) in [5.74, 6) is -0.0215. The number of ether oxygens (including phenoxy) is 2. The fourth-order valence-corrected chi connectivity index (χ4v) is 4.56. The molecule has 1 aliphatic heterocycles. The lowest BCUT2D eigenvalue weighted by Crippen LogP contribution is -2.29. The van der Waals surface area contributed by atoms with Gasteiger partial charge in [0.1, 0.15) is 10.6 Å². The lowest BCUT2D eigenvalue weighted by atomic mass is 10.2. The first-order chi connectivity index (χ1) is 12.9. The van der Waals surface area contributed by atoms with Crippen LogP contribution in [0.2, 0.25) is 0 Å². The highest BCUT2D eigenvalue weighted by atomic mass is 32.2. The second-order valence-corrected chi connectivity index (χ2v) is 8.64. The Morgan fingerprint density at radius 1 is 1.26 bits per heavy atom. The molecule has 1 aliphatic rings. The van der Waals surface area contributed by atoms with E-state index in [9.17, 15) is 13.2 Å². The van der Waals surface area contributed by atoms with E-state index in [4.69, 9.17) is 9.47 Å². The van der Waals surface area contributed by atoms with Crippen molar-refractivity contribution < 1.29 is 22.7 Å². The topological polar surface area (TPSA) is 84.9 Å². The second-order valence-electron chi connectivity index (χ2n) is 6.73. The third-order valence-corrected chi connectivity index (χ3v) is 6.17. The minimum absolute atomic E-state index is 0.0574. The summed E-state index contributed by atoms with van der Waals surface area (Å²) in [5.41, 5.74) is 0.306. The quantitative estimate of drug-likeness (QED) is 0.612. The van der Waals surface area contributed by atoms with Crippen molar-refractivity contribution in [2.75, 3.05) is 32.8 Å². The molecule has 0 spiro atoms. The van der Waals surface area contributed by atoms with Gasteiger partial charge in [0.2, 0.25) is 10.0 Å². The standard InChI is InChI=1S/C19H30N2O5S/c1-4-25-17-9-8-16(19(22)20-10-7-13-26-15(2)3)14-18(17)27(23,24)21-11-5-6-12-21/h8-9,14-15H,4-7,10-13H2,1-3H3,(H,20,22). The number of amides is 1. The minimum atomic E-state index is -3.68. The second kappa shape index (κ2) is 10.1. The van der Waals surface area contributed by atoms with Crippen LogP contribution in [0.5, 0.6) is 5.75 Å². The molecule has 2 rings (SSSR count). The number of sulfonamides is 1. The summed E-state index contributed by atoms with van der Waals surface area (Å²) < 4.78 is 38.3. The van der Waals surface area contributed by atoms with Crippen LogP contribution in [0.15, 0.2) is 23.1 Å². The number of carbonyl (C=O) groups is 1.